The third kappa shape index (κ3) is 6.97. The number of nitrogens with one attached hydrogen (secondary N) is 2. The smallest absolute Gasteiger partial charge is 0.241 e. The molecule has 1 aliphatic heterocycles. The van der Waals surface area contributed by atoms with Crippen LogP contribution in [0, 0.1) is 0 Å². The first-order chi connectivity index (χ1) is 15.6. The summed E-state index contributed by atoms with van der Waals surface area (Å²) in [5.41, 5.74) is 1.32. The van der Waals surface area contributed by atoms with Crippen LogP contribution >= 0.6 is 0 Å². The maximum absolute atomic E-state index is 13.0. The van der Waals surface area contributed by atoms with E-state index in [1.54, 1.807) is 30.3 Å². The molecule has 1 fully saturated rings. The molecule has 0 saturated carbocycles. The number of benzene rings is 2. The average molecular weight is 451 g/mol. The van der Waals surface area contributed by atoms with Crippen molar-refractivity contribution in [3.63, 3.8) is 0 Å². The molecule has 3 rings (SSSR count). The lowest BCUT2D eigenvalue weighted by Crippen LogP contribution is -2.55. The maximum atomic E-state index is 13.0. The number of hydrogen-bond donors (Lipinski definition) is 2. The van der Waals surface area contributed by atoms with E-state index < -0.39 is 0 Å². The van der Waals surface area contributed by atoms with E-state index >= 15 is 0 Å². The third-order valence-electron chi connectivity index (χ3n) is 5.68. The van der Waals surface area contributed by atoms with Gasteiger partial charge in [0.05, 0.1) is 18.3 Å². The lowest BCUT2D eigenvalue weighted by Gasteiger charge is -2.37. The van der Waals surface area contributed by atoms with Crippen LogP contribution < -0.4 is 10.6 Å². The zero-order chi connectivity index (χ0) is 24.0. The van der Waals surface area contributed by atoms with Crippen LogP contribution in [0.2, 0.25) is 0 Å². The molecule has 1 atom stereocenters. The second kappa shape index (κ2) is 10.7. The van der Waals surface area contributed by atoms with Gasteiger partial charge in [-0.05, 0) is 39.8 Å². The number of carbonyl (C=O) groups is 3. The number of amides is 2. The highest BCUT2D eigenvalue weighted by Gasteiger charge is 2.27. The Morgan fingerprint density at radius 1 is 0.909 bits per heavy atom. The molecule has 176 valence electrons. The van der Waals surface area contributed by atoms with E-state index in [0.29, 0.717) is 36.4 Å². The number of ketones is 1. The summed E-state index contributed by atoms with van der Waals surface area (Å²) in [5.74, 6) is -0.259. The maximum Gasteiger partial charge on any atom is 0.241 e. The fourth-order valence-electron chi connectivity index (χ4n) is 3.91. The molecule has 2 amide bonds. The Balaban J connectivity index is 1.57. The summed E-state index contributed by atoms with van der Waals surface area (Å²) in [6.07, 6.45) is 0. The molecule has 0 aromatic heterocycles. The molecular formula is C26H34N4O3. The number of carbonyl (C=O) groups excluding carboxylic acids is 3. The van der Waals surface area contributed by atoms with Gasteiger partial charge in [-0.2, -0.15) is 0 Å². The molecule has 1 unspecified atom stereocenters. The summed E-state index contributed by atoms with van der Waals surface area (Å²) in [7, 11) is 0. The molecule has 0 bridgehead atoms. The van der Waals surface area contributed by atoms with Crippen molar-refractivity contribution >= 4 is 23.3 Å². The topological polar surface area (TPSA) is 81.8 Å². The van der Waals surface area contributed by atoms with Crippen LogP contribution in [0.5, 0.6) is 0 Å². The van der Waals surface area contributed by atoms with Gasteiger partial charge < -0.3 is 10.6 Å². The van der Waals surface area contributed by atoms with Gasteiger partial charge in [-0.3, -0.25) is 24.2 Å². The van der Waals surface area contributed by atoms with E-state index in [1.807, 2.05) is 52.0 Å². The number of piperazine rings is 1. The zero-order valence-electron chi connectivity index (χ0n) is 19.9. The van der Waals surface area contributed by atoms with E-state index in [-0.39, 0.29) is 29.2 Å². The number of anilines is 1. The number of nitrogens with zero attached hydrogens (tertiary/aromatic N) is 2. The van der Waals surface area contributed by atoms with Gasteiger partial charge >= 0.3 is 0 Å². The highest BCUT2D eigenvalue weighted by molar-refractivity contribution is 6.14. The summed E-state index contributed by atoms with van der Waals surface area (Å²) in [5, 5.41) is 5.93. The monoisotopic (exact) mass is 450 g/mol. The Morgan fingerprint density at radius 3 is 2.15 bits per heavy atom. The van der Waals surface area contributed by atoms with Crippen LogP contribution in [0.1, 0.15) is 43.6 Å². The minimum absolute atomic E-state index is 0.0152. The number of para-hydroxylation sites is 1. The molecule has 2 aromatic rings. The molecule has 0 spiro atoms. The van der Waals surface area contributed by atoms with Crippen molar-refractivity contribution in [2.24, 2.45) is 0 Å². The Labute approximate surface area is 196 Å². The van der Waals surface area contributed by atoms with Crippen LogP contribution in [0.25, 0.3) is 0 Å². The molecule has 1 heterocycles. The van der Waals surface area contributed by atoms with Crippen LogP contribution in [0.3, 0.4) is 0 Å². The van der Waals surface area contributed by atoms with Gasteiger partial charge in [0.15, 0.2) is 5.78 Å². The fraction of sp³-hybridized carbons (Fsp3) is 0.423. The second-order valence-electron chi connectivity index (χ2n) is 9.52. The molecule has 2 N–H and O–H groups in total. The molecule has 0 radical (unpaired) electrons. The quantitative estimate of drug-likeness (QED) is 0.634. The van der Waals surface area contributed by atoms with Gasteiger partial charge in [0.1, 0.15) is 0 Å². The van der Waals surface area contributed by atoms with E-state index in [9.17, 15) is 14.4 Å². The van der Waals surface area contributed by atoms with Gasteiger partial charge in [-0.25, -0.2) is 0 Å². The predicted octanol–water partition coefficient (Wildman–Crippen LogP) is 2.78. The summed E-state index contributed by atoms with van der Waals surface area (Å²) >= 11 is 0. The fourth-order valence-corrected chi connectivity index (χ4v) is 3.91. The van der Waals surface area contributed by atoms with Crippen molar-refractivity contribution in [2.75, 3.05) is 38.0 Å². The first kappa shape index (κ1) is 24.6. The highest BCUT2D eigenvalue weighted by Crippen LogP contribution is 2.20. The van der Waals surface area contributed by atoms with Gasteiger partial charge in [-0.15, -0.1) is 0 Å². The Morgan fingerprint density at radius 2 is 1.52 bits per heavy atom. The normalized spacial score (nSPS) is 16.1. The Kier molecular flexibility index (Phi) is 8.00. The zero-order valence-corrected chi connectivity index (χ0v) is 19.9. The van der Waals surface area contributed by atoms with E-state index in [0.717, 1.165) is 13.1 Å². The Bertz CT molecular complexity index is 977. The SMILES string of the molecule is CC(C(=O)Nc1ccccc1C(=O)c1ccccc1)N1CCN(CC(=O)NC(C)(C)C)CC1. The largest absolute Gasteiger partial charge is 0.350 e. The molecular weight excluding hydrogens is 416 g/mol. The Hall–Kier alpha value is -3.03. The summed E-state index contributed by atoms with van der Waals surface area (Å²) in [6, 6.07) is 15.8. The predicted molar refractivity (Wildman–Crippen MR) is 130 cm³/mol. The van der Waals surface area contributed by atoms with E-state index in [4.69, 9.17) is 0 Å². The summed E-state index contributed by atoms with van der Waals surface area (Å²) in [4.78, 5) is 42.3. The molecule has 7 nitrogen and oxygen atoms in total. The van der Waals surface area contributed by atoms with Crippen LogP contribution in [-0.2, 0) is 9.59 Å². The van der Waals surface area contributed by atoms with Crippen molar-refractivity contribution in [3.05, 3.63) is 65.7 Å². The average Bonchev–Trinajstić information content (AvgIpc) is 2.78. The van der Waals surface area contributed by atoms with Crippen LogP contribution in [0.15, 0.2) is 54.6 Å². The van der Waals surface area contributed by atoms with Crippen molar-refractivity contribution in [2.45, 2.75) is 39.3 Å². The summed E-state index contributed by atoms with van der Waals surface area (Å²) in [6.45, 7) is 11.0. The van der Waals surface area contributed by atoms with Crippen molar-refractivity contribution in [3.8, 4) is 0 Å². The minimum Gasteiger partial charge on any atom is -0.350 e. The first-order valence-corrected chi connectivity index (χ1v) is 11.4. The minimum atomic E-state index is -0.351. The van der Waals surface area contributed by atoms with Crippen molar-refractivity contribution in [1.82, 2.24) is 15.1 Å². The highest BCUT2D eigenvalue weighted by atomic mass is 16.2. The van der Waals surface area contributed by atoms with Gasteiger partial charge in [0.25, 0.3) is 0 Å². The third-order valence-corrected chi connectivity index (χ3v) is 5.68. The molecule has 1 saturated heterocycles. The molecule has 33 heavy (non-hydrogen) atoms. The second-order valence-corrected chi connectivity index (χ2v) is 9.52. The molecule has 0 aliphatic carbocycles. The molecule has 7 heteroatoms. The lowest BCUT2D eigenvalue weighted by molar-refractivity contribution is -0.125. The van der Waals surface area contributed by atoms with Gasteiger partial charge in [-0.1, -0.05) is 42.5 Å². The van der Waals surface area contributed by atoms with Crippen LogP contribution in [-0.4, -0.2) is 71.7 Å². The standard InChI is InChI=1S/C26H34N4O3/c1-19(30-16-14-29(15-17-30)18-23(31)28-26(2,3)4)25(33)27-22-13-9-8-12-21(22)24(32)20-10-6-5-7-11-20/h5-13,19H,14-18H2,1-4H3,(H,27,33)(H,28,31). The van der Waals surface area contributed by atoms with Gasteiger partial charge in [0, 0.05) is 42.8 Å². The first-order valence-electron chi connectivity index (χ1n) is 11.4. The van der Waals surface area contributed by atoms with Crippen molar-refractivity contribution < 1.29 is 14.4 Å². The van der Waals surface area contributed by atoms with Crippen LogP contribution in [0.4, 0.5) is 5.69 Å². The molecule has 2 aromatic carbocycles. The van der Waals surface area contributed by atoms with Crippen molar-refractivity contribution in [1.29, 1.82) is 0 Å². The van der Waals surface area contributed by atoms with E-state index in [2.05, 4.69) is 20.4 Å². The lowest BCUT2D eigenvalue weighted by atomic mass is 10.0. The summed E-state index contributed by atoms with van der Waals surface area (Å²) < 4.78 is 0. The number of rotatable bonds is 7. The molecule has 1 aliphatic rings. The van der Waals surface area contributed by atoms with Gasteiger partial charge in [0.2, 0.25) is 11.8 Å². The number of hydrogen-bond acceptors (Lipinski definition) is 5. The van der Waals surface area contributed by atoms with E-state index in [1.165, 1.54) is 0 Å².